The fraction of sp³-hybridized carbons (Fsp3) is 0.864. The first-order valence-electron chi connectivity index (χ1n) is 32.0. The molecule has 0 N–H and O–H groups in total. The van der Waals surface area contributed by atoms with E-state index in [0.717, 1.165) is 70.6 Å². The normalized spacial score (nSPS) is 12.2. The van der Waals surface area contributed by atoms with Gasteiger partial charge in [0, 0.05) is 19.3 Å². The molecule has 0 fully saturated rings. The van der Waals surface area contributed by atoms with Crippen molar-refractivity contribution in [2.75, 3.05) is 13.2 Å². The van der Waals surface area contributed by atoms with Gasteiger partial charge >= 0.3 is 17.9 Å². The summed E-state index contributed by atoms with van der Waals surface area (Å²) in [5, 5.41) is 0. The fourth-order valence-electron chi connectivity index (χ4n) is 9.57. The molecule has 0 aromatic heterocycles. The molecule has 0 amide bonds. The van der Waals surface area contributed by atoms with E-state index in [1.165, 1.54) is 238 Å². The molecule has 0 heterocycles. The highest BCUT2D eigenvalue weighted by atomic mass is 16.6. The molecule has 1 atom stereocenters. The van der Waals surface area contributed by atoms with Crippen molar-refractivity contribution in [3.05, 3.63) is 36.5 Å². The lowest BCUT2D eigenvalue weighted by atomic mass is 10.0. The van der Waals surface area contributed by atoms with E-state index in [0.29, 0.717) is 19.3 Å². The summed E-state index contributed by atoms with van der Waals surface area (Å²) in [6, 6.07) is 0. The highest BCUT2D eigenvalue weighted by Crippen LogP contribution is 2.17. The van der Waals surface area contributed by atoms with Crippen LogP contribution in [0.3, 0.4) is 0 Å². The van der Waals surface area contributed by atoms with E-state index >= 15 is 0 Å². The van der Waals surface area contributed by atoms with Crippen LogP contribution in [0.1, 0.15) is 348 Å². The van der Waals surface area contributed by atoms with E-state index < -0.39 is 6.10 Å². The van der Waals surface area contributed by atoms with Gasteiger partial charge in [0.1, 0.15) is 13.2 Å². The summed E-state index contributed by atoms with van der Waals surface area (Å²) in [7, 11) is 0. The fourth-order valence-corrected chi connectivity index (χ4v) is 9.57. The van der Waals surface area contributed by atoms with Crippen LogP contribution in [0.2, 0.25) is 0 Å². The Morgan fingerprint density at radius 2 is 0.500 bits per heavy atom. The highest BCUT2D eigenvalue weighted by Gasteiger charge is 2.19. The SMILES string of the molecule is CCCCCCC/C=C\C/C=C\C/C=C\CCCCCCCCCCCCCCCCCCCCC(=O)OCC(COC(=O)CCCCCCCCCCCC)OC(=O)CCCCCCCCCCCCC. The van der Waals surface area contributed by atoms with Gasteiger partial charge in [0.2, 0.25) is 0 Å². The number of carbonyl (C=O) groups is 3. The Labute approximate surface area is 448 Å². The zero-order valence-electron chi connectivity index (χ0n) is 48.5. The average Bonchev–Trinajstić information content (AvgIpc) is 3.38. The molecule has 6 heteroatoms. The van der Waals surface area contributed by atoms with Gasteiger partial charge in [-0.3, -0.25) is 14.4 Å². The summed E-state index contributed by atoms with van der Waals surface area (Å²) in [4.78, 5) is 38.0. The molecular formula is C66H122O6. The van der Waals surface area contributed by atoms with Crippen LogP contribution < -0.4 is 0 Å². The molecule has 0 aliphatic rings. The van der Waals surface area contributed by atoms with Crippen LogP contribution in [0.5, 0.6) is 0 Å². The second-order valence-corrected chi connectivity index (χ2v) is 21.7. The number of unbranched alkanes of at least 4 members (excludes halogenated alkanes) is 42. The van der Waals surface area contributed by atoms with E-state index in [4.69, 9.17) is 14.2 Å². The molecule has 1 unspecified atom stereocenters. The van der Waals surface area contributed by atoms with Crippen molar-refractivity contribution in [2.24, 2.45) is 0 Å². The molecule has 0 saturated heterocycles. The number of esters is 3. The lowest BCUT2D eigenvalue weighted by Crippen LogP contribution is -2.30. The van der Waals surface area contributed by atoms with Gasteiger partial charge < -0.3 is 14.2 Å². The van der Waals surface area contributed by atoms with Crippen molar-refractivity contribution >= 4 is 17.9 Å². The number of ether oxygens (including phenoxy) is 3. The molecule has 6 nitrogen and oxygen atoms in total. The topological polar surface area (TPSA) is 78.9 Å². The molecule has 0 radical (unpaired) electrons. The Bertz CT molecular complexity index is 1210. The molecule has 0 spiro atoms. The number of rotatable bonds is 59. The maximum absolute atomic E-state index is 12.8. The zero-order valence-corrected chi connectivity index (χ0v) is 48.5. The molecule has 0 rings (SSSR count). The number of allylic oxidation sites excluding steroid dienone is 6. The molecule has 0 saturated carbocycles. The quantitative estimate of drug-likeness (QED) is 0.0261. The lowest BCUT2D eigenvalue weighted by Gasteiger charge is -2.18. The van der Waals surface area contributed by atoms with Crippen molar-refractivity contribution < 1.29 is 28.6 Å². The molecule has 0 aromatic carbocycles. The summed E-state index contributed by atoms with van der Waals surface area (Å²) in [6.07, 6.45) is 74.7. The monoisotopic (exact) mass is 1010 g/mol. The predicted molar refractivity (Wildman–Crippen MR) is 312 cm³/mol. The van der Waals surface area contributed by atoms with Gasteiger partial charge in [-0.05, 0) is 57.8 Å². The minimum Gasteiger partial charge on any atom is -0.462 e. The van der Waals surface area contributed by atoms with Crippen molar-refractivity contribution in [2.45, 2.75) is 354 Å². The van der Waals surface area contributed by atoms with E-state index in [1.54, 1.807) is 0 Å². The maximum Gasteiger partial charge on any atom is 0.306 e. The van der Waals surface area contributed by atoms with Crippen molar-refractivity contribution in [3.63, 3.8) is 0 Å². The van der Waals surface area contributed by atoms with Crippen LogP contribution >= 0.6 is 0 Å². The molecular weight excluding hydrogens is 889 g/mol. The molecule has 0 aliphatic carbocycles. The highest BCUT2D eigenvalue weighted by molar-refractivity contribution is 5.71. The van der Waals surface area contributed by atoms with Crippen LogP contribution in [0.15, 0.2) is 36.5 Å². The Balaban J connectivity index is 3.98. The smallest absolute Gasteiger partial charge is 0.306 e. The summed E-state index contributed by atoms with van der Waals surface area (Å²) in [5.74, 6) is -0.847. The van der Waals surface area contributed by atoms with Gasteiger partial charge in [0.05, 0.1) is 0 Å². The predicted octanol–water partition coefficient (Wildman–Crippen LogP) is 21.6. The molecule has 422 valence electrons. The first-order chi connectivity index (χ1) is 35.5. The Morgan fingerprint density at radius 1 is 0.278 bits per heavy atom. The second kappa shape index (κ2) is 61.2. The zero-order chi connectivity index (χ0) is 52.2. The first kappa shape index (κ1) is 69.6. The molecule has 0 bridgehead atoms. The molecule has 0 aromatic rings. The van der Waals surface area contributed by atoms with Gasteiger partial charge in [-0.15, -0.1) is 0 Å². The Hall–Kier alpha value is -2.37. The van der Waals surface area contributed by atoms with Gasteiger partial charge in [-0.1, -0.05) is 308 Å². The Kier molecular flexibility index (Phi) is 59.2. The van der Waals surface area contributed by atoms with Crippen molar-refractivity contribution in [1.82, 2.24) is 0 Å². The largest absolute Gasteiger partial charge is 0.462 e. The van der Waals surface area contributed by atoms with Gasteiger partial charge in [-0.25, -0.2) is 0 Å². The maximum atomic E-state index is 12.8. The third kappa shape index (κ3) is 58.5. The Morgan fingerprint density at radius 3 is 0.778 bits per heavy atom. The first-order valence-corrected chi connectivity index (χ1v) is 32.0. The van der Waals surface area contributed by atoms with E-state index in [-0.39, 0.29) is 31.1 Å². The average molecular weight is 1010 g/mol. The minimum atomic E-state index is -0.764. The molecule has 72 heavy (non-hydrogen) atoms. The van der Waals surface area contributed by atoms with Crippen molar-refractivity contribution in [1.29, 1.82) is 0 Å². The van der Waals surface area contributed by atoms with E-state index in [1.807, 2.05) is 0 Å². The third-order valence-corrected chi connectivity index (χ3v) is 14.4. The lowest BCUT2D eigenvalue weighted by molar-refractivity contribution is -0.167. The third-order valence-electron chi connectivity index (χ3n) is 14.4. The van der Waals surface area contributed by atoms with Crippen LogP contribution in [0, 0.1) is 0 Å². The summed E-state index contributed by atoms with van der Waals surface area (Å²) >= 11 is 0. The van der Waals surface area contributed by atoms with Crippen LogP contribution in [-0.4, -0.2) is 37.2 Å². The van der Waals surface area contributed by atoms with E-state index in [2.05, 4.69) is 57.2 Å². The summed E-state index contributed by atoms with van der Waals surface area (Å²) in [6.45, 7) is 6.65. The molecule has 0 aliphatic heterocycles. The number of hydrogen-bond acceptors (Lipinski definition) is 6. The van der Waals surface area contributed by atoms with Gasteiger partial charge in [0.25, 0.3) is 0 Å². The van der Waals surface area contributed by atoms with Crippen LogP contribution in [0.25, 0.3) is 0 Å². The van der Waals surface area contributed by atoms with Crippen LogP contribution in [0.4, 0.5) is 0 Å². The van der Waals surface area contributed by atoms with Gasteiger partial charge in [0.15, 0.2) is 6.10 Å². The standard InChI is InChI=1S/C66H122O6/c1-4-7-10-13-16-19-22-23-24-25-26-27-28-29-30-31-32-33-34-35-36-37-38-39-40-41-42-43-45-47-50-53-56-59-65(68)71-62-63(61-70-64(67)58-55-52-49-46-21-18-15-12-9-6-3)72-66(69)60-57-54-51-48-44-20-17-14-11-8-5-2/h22-23,25-26,28-29,63H,4-21,24,27,30-62H2,1-3H3/b23-22-,26-25-,29-28-. The second-order valence-electron chi connectivity index (χ2n) is 21.7. The number of carbonyl (C=O) groups excluding carboxylic acids is 3. The van der Waals surface area contributed by atoms with Gasteiger partial charge in [-0.2, -0.15) is 0 Å². The summed E-state index contributed by atoms with van der Waals surface area (Å²) < 4.78 is 16.8. The number of hydrogen-bond donors (Lipinski definition) is 0. The van der Waals surface area contributed by atoms with Crippen LogP contribution in [-0.2, 0) is 28.6 Å². The summed E-state index contributed by atoms with van der Waals surface area (Å²) in [5.41, 5.74) is 0. The van der Waals surface area contributed by atoms with Crippen molar-refractivity contribution in [3.8, 4) is 0 Å². The minimum absolute atomic E-state index is 0.0655. The van der Waals surface area contributed by atoms with E-state index in [9.17, 15) is 14.4 Å².